The Labute approximate surface area is 120 Å². The van der Waals surface area contributed by atoms with Crippen molar-refractivity contribution in [2.75, 3.05) is 6.54 Å². The van der Waals surface area contributed by atoms with Gasteiger partial charge in [0.15, 0.2) is 0 Å². The van der Waals surface area contributed by atoms with E-state index in [0.29, 0.717) is 6.04 Å². The number of aromatic nitrogens is 2. The number of rotatable bonds is 6. The van der Waals surface area contributed by atoms with E-state index < -0.39 is 0 Å². The molecule has 0 radical (unpaired) electrons. The molecule has 1 unspecified atom stereocenters. The third-order valence-electron chi connectivity index (χ3n) is 2.89. The van der Waals surface area contributed by atoms with Gasteiger partial charge in [0.2, 0.25) is 0 Å². The highest BCUT2D eigenvalue weighted by Crippen LogP contribution is 2.26. The molecule has 18 heavy (non-hydrogen) atoms. The Morgan fingerprint density at radius 1 is 1.56 bits per heavy atom. The molecule has 0 saturated carbocycles. The van der Waals surface area contributed by atoms with Crippen LogP contribution in [0.3, 0.4) is 0 Å². The summed E-state index contributed by atoms with van der Waals surface area (Å²) in [6, 6.07) is 4.61. The fourth-order valence-electron chi connectivity index (χ4n) is 2.03. The summed E-state index contributed by atoms with van der Waals surface area (Å²) in [5.74, 6) is 0. The van der Waals surface area contributed by atoms with Gasteiger partial charge in [0.1, 0.15) is 0 Å². The van der Waals surface area contributed by atoms with Crippen LogP contribution in [0.15, 0.2) is 28.2 Å². The summed E-state index contributed by atoms with van der Waals surface area (Å²) in [4.78, 5) is 1.40. The quantitative estimate of drug-likeness (QED) is 0.879. The van der Waals surface area contributed by atoms with Crippen LogP contribution in [0, 0.1) is 0 Å². The van der Waals surface area contributed by atoms with E-state index in [1.54, 1.807) is 0 Å². The molecule has 1 atom stereocenters. The summed E-state index contributed by atoms with van der Waals surface area (Å²) in [5, 5.41) is 10.0. The van der Waals surface area contributed by atoms with Crippen LogP contribution in [-0.4, -0.2) is 16.3 Å². The van der Waals surface area contributed by atoms with E-state index in [9.17, 15) is 0 Å². The van der Waals surface area contributed by atoms with Crippen LogP contribution in [0.5, 0.6) is 0 Å². The Hall–Kier alpha value is -0.650. The molecule has 0 aliphatic heterocycles. The first-order valence-electron chi connectivity index (χ1n) is 6.15. The Balaban J connectivity index is 2.19. The van der Waals surface area contributed by atoms with Gasteiger partial charge in [-0.25, -0.2) is 0 Å². The maximum Gasteiger partial charge on any atom is 0.0696 e. The molecule has 0 spiro atoms. The average Bonchev–Trinajstić information content (AvgIpc) is 2.96. The van der Waals surface area contributed by atoms with E-state index in [1.165, 1.54) is 10.6 Å². The number of halogens is 1. The lowest BCUT2D eigenvalue weighted by atomic mass is 10.1. The van der Waals surface area contributed by atoms with Gasteiger partial charge < -0.3 is 5.32 Å². The number of nitrogens with one attached hydrogen (secondary N) is 1. The topological polar surface area (TPSA) is 29.9 Å². The smallest absolute Gasteiger partial charge is 0.0696 e. The van der Waals surface area contributed by atoms with Crippen LogP contribution in [-0.2, 0) is 13.5 Å². The molecular weight excluding hydrogens is 310 g/mol. The molecule has 5 heteroatoms. The van der Waals surface area contributed by atoms with Gasteiger partial charge in [-0.3, -0.25) is 4.68 Å². The van der Waals surface area contributed by atoms with Crippen molar-refractivity contribution in [2.24, 2.45) is 7.05 Å². The predicted molar refractivity (Wildman–Crippen MR) is 80.0 cm³/mol. The van der Waals surface area contributed by atoms with Crippen molar-refractivity contribution < 1.29 is 0 Å². The molecule has 1 N–H and O–H groups in total. The van der Waals surface area contributed by atoms with Crippen molar-refractivity contribution in [3.8, 4) is 0 Å². The van der Waals surface area contributed by atoms with Crippen molar-refractivity contribution in [1.29, 1.82) is 0 Å². The SMILES string of the molecule is CCCNC(Cc1cccs1)c1c(Br)cnn1C. The lowest BCUT2D eigenvalue weighted by Gasteiger charge is -2.19. The zero-order valence-corrected chi connectivity index (χ0v) is 13.1. The van der Waals surface area contributed by atoms with Gasteiger partial charge >= 0.3 is 0 Å². The number of aryl methyl sites for hydroxylation is 1. The minimum absolute atomic E-state index is 0.311. The first-order valence-corrected chi connectivity index (χ1v) is 7.82. The molecule has 2 aromatic heterocycles. The zero-order valence-electron chi connectivity index (χ0n) is 10.7. The van der Waals surface area contributed by atoms with E-state index >= 15 is 0 Å². The third-order valence-corrected chi connectivity index (χ3v) is 4.40. The zero-order chi connectivity index (χ0) is 13.0. The second-order valence-electron chi connectivity index (χ2n) is 4.29. The minimum atomic E-state index is 0.311. The normalized spacial score (nSPS) is 12.8. The summed E-state index contributed by atoms with van der Waals surface area (Å²) < 4.78 is 3.03. The summed E-state index contributed by atoms with van der Waals surface area (Å²) in [5.41, 5.74) is 1.22. The molecule has 2 heterocycles. The molecule has 0 aliphatic rings. The molecule has 2 aromatic rings. The highest BCUT2D eigenvalue weighted by molar-refractivity contribution is 9.10. The molecule has 2 rings (SSSR count). The molecule has 3 nitrogen and oxygen atoms in total. The van der Waals surface area contributed by atoms with Crippen LogP contribution >= 0.6 is 27.3 Å². The highest BCUT2D eigenvalue weighted by atomic mass is 79.9. The van der Waals surface area contributed by atoms with Crippen molar-refractivity contribution >= 4 is 27.3 Å². The van der Waals surface area contributed by atoms with E-state index in [2.05, 4.69) is 50.8 Å². The molecule has 0 amide bonds. The number of hydrogen-bond donors (Lipinski definition) is 1. The van der Waals surface area contributed by atoms with E-state index in [4.69, 9.17) is 0 Å². The molecule has 0 saturated heterocycles. The highest BCUT2D eigenvalue weighted by Gasteiger charge is 2.19. The van der Waals surface area contributed by atoms with Crippen LogP contribution in [0.2, 0.25) is 0 Å². The van der Waals surface area contributed by atoms with Crippen molar-refractivity contribution in [1.82, 2.24) is 15.1 Å². The maximum absolute atomic E-state index is 4.31. The summed E-state index contributed by atoms with van der Waals surface area (Å²) >= 11 is 5.40. The van der Waals surface area contributed by atoms with E-state index in [-0.39, 0.29) is 0 Å². The van der Waals surface area contributed by atoms with E-state index in [1.807, 2.05) is 29.3 Å². The monoisotopic (exact) mass is 327 g/mol. The molecule has 0 aliphatic carbocycles. The fraction of sp³-hybridized carbons (Fsp3) is 0.462. The van der Waals surface area contributed by atoms with Gasteiger partial charge in [0.25, 0.3) is 0 Å². The first-order chi connectivity index (χ1) is 8.72. The van der Waals surface area contributed by atoms with Crippen molar-refractivity contribution in [2.45, 2.75) is 25.8 Å². The maximum atomic E-state index is 4.31. The second kappa shape index (κ2) is 6.50. The standard InChI is InChI=1S/C13H18BrN3S/c1-3-6-15-12(8-10-5-4-7-18-10)13-11(14)9-16-17(13)2/h4-5,7,9,12,15H,3,6,8H2,1-2H3. The van der Waals surface area contributed by atoms with Crippen molar-refractivity contribution in [3.05, 3.63) is 38.8 Å². The average molecular weight is 328 g/mol. The first kappa shape index (κ1) is 13.8. The molecular formula is C13H18BrN3S. The van der Waals surface area contributed by atoms with Gasteiger partial charge in [0.05, 0.1) is 22.4 Å². The van der Waals surface area contributed by atoms with E-state index in [0.717, 1.165) is 23.9 Å². The number of thiophene rings is 1. The number of nitrogens with zero attached hydrogens (tertiary/aromatic N) is 2. The predicted octanol–water partition coefficient (Wildman–Crippen LogP) is 3.53. The van der Waals surface area contributed by atoms with Gasteiger partial charge in [-0.15, -0.1) is 11.3 Å². The van der Waals surface area contributed by atoms with Crippen LogP contribution in [0.4, 0.5) is 0 Å². The van der Waals surface area contributed by atoms with Crippen LogP contribution < -0.4 is 5.32 Å². The lowest BCUT2D eigenvalue weighted by molar-refractivity contribution is 0.494. The van der Waals surface area contributed by atoms with Crippen LogP contribution in [0.25, 0.3) is 0 Å². The molecule has 98 valence electrons. The lowest BCUT2D eigenvalue weighted by Crippen LogP contribution is -2.26. The number of hydrogen-bond acceptors (Lipinski definition) is 3. The fourth-order valence-corrected chi connectivity index (χ4v) is 3.40. The second-order valence-corrected chi connectivity index (χ2v) is 6.18. The largest absolute Gasteiger partial charge is 0.308 e. The third kappa shape index (κ3) is 3.22. The van der Waals surface area contributed by atoms with Crippen LogP contribution in [0.1, 0.15) is 30.0 Å². The van der Waals surface area contributed by atoms with Gasteiger partial charge in [-0.05, 0) is 40.3 Å². The molecule has 0 aromatic carbocycles. The minimum Gasteiger partial charge on any atom is -0.308 e. The Bertz CT molecular complexity index is 459. The summed E-state index contributed by atoms with van der Waals surface area (Å²) in [7, 11) is 2.00. The van der Waals surface area contributed by atoms with Gasteiger partial charge in [-0.2, -0.15) is 5.10 Å². The Morgan fingerprint density at radius 3 is 2.94 bits per heavy atom. The van der Waals surface area contributed by atoms with Crippen molar-refractivity contribution in [3.63, 3.8) is 0 Å². The Kier molecular flexibility index (Phi) is 4.97. The van der Waals surface area contributed by atoms with Gasteiger partial charge in [-0.1, -0.05) is 13.0 Å². The van der Waals surface area contributed by atoms with Gasteiger partial charge in [0, 0.05) is 18.3 Å². The summed E-state index contributed by atoms with van der Waals surface area (Å²) in [6.07, 6.45) is 4.01. The molecule has 0 bridgehead atoms. The summed E-state index contributed by atoms with van der Waals surface area (Å²) in [6.45, 7) is 3.21. The Morgan fingerprint density at radius 2 is 2.39 bits per heavy atom. The molecule has 0 fully saturated rings.